The molecule has 2 atom stereocenters. The maximum atomic E-state index is 13.9. The second kappa shape index (κ2) is 9.64. The van der Waals surface area contributed by atoms with Gasteiger partial charge in [-0.2, -0.15) is 0 Å². The molecule has 2 aromatic rings. The Morgan fingerprint density at radius 3 is 2.69 bits per heavy atom. The molecule has 1 spiro atoms. The van der Waals surface area contributed by atoms with Crippen LogP contribution in [0.25, 0.3) is 0 Å². The van der Waals surface area contributed by atoms with Crippen LogP contribution in [-0.2, 0) is 26.2 Å². The van der Waals surface area contributed by atoms with Crippen molar-refractivity contribution in [1.82, 2.24) is 15.1 Å². The molecule has 2 fully saturated rings. The predicted octanol–water partition coefficient (Wildman–Crippen LogP) is 3.35. The highest BCUT2D eigenvalue weighted by atomic mass is 16.6. The number of carbonyl (C=O) groups excluding carboxylic acids is 4. The Kier molecular flexibility index (Phi) is 6.38. The molecule has 0 saturated carbocycles. The maximum absolute atomic E-state index is 13.9. The minimum Gasteiger partial charge on any atom is -0.449 e. The summed E-state index contributed by atoms with van der Waals surface area (Å²) in [6, 6.07) is 14.9. The van der Waals surface area contributed by atoms with E-state index in [9.17, 15) is 19.2 Å². The Hall–Kier alpha value is -3.88. The van der Waals surface area contributed by atoms with Crippen LogP contribution in [0.2, 0.25) is 0 Å². The van der Waals surface area contributed by atoms with Crippen LogP contribution in [0.3, 0.4) is 0 Å². The van der Waals surface area contributed by atoms with Crippen molar-refractivity contribution in [2.75, 3.05) is 32.1 Å². The Morgan fingerprint density at radius 2 is 1.92 bits per heavy atom. The van der Waals surface area contributed by atoms with Crippen molar-refractivity contribution >= 4 is 29.6 Å². The molecular formula is C27H30N4O5. The topological polar surface area (TPSA) is 108 Å². The van der Waals surface area contributed by atoms with Crippen molar-refractivity contribution in [3.05, 3.63) is 65.2 Å². The molecule has 2 saturated heterocycles. The van der Waals surface area contributed by atoms with Gasteiger partial charge in [-0.15, -0.1) is 0 Å². The molecule has 0 unspecified atom stereocenters. The highest BCUT2D eigenvalue weighted by Gasteiger charge is 2.51. The minimum atomic E-state index is -0.933. The van der Waals surface area contributed by atoms with Crippen LogP contribution in [0.4, 0.5) is 15.3 Å². The van der Waals surface area contributed by atoms with Crippen LogP contribution in [0.5, 0.6) is 0 Å². The number of imide groups is 1. The van der Waals surface area contributed by atoms with Gasteiger partial charge in [0.15, 0.2) is 0 Å². The first-order valence-electron chi connectivity index (χ1n) is 12.4. The summed E-state index contributed by atoms with van der Waals surface area (Å²) < 4.78 is 5.38. The molecule has 5 amide bonds. The van der Waals surface area contributed by atoms with Gasteiger partial charge in [0.05, 0.1) is 18.1 Å². The van der Waals surface area contributed by atoms with Crippen LogP contribution >= 0.6 is 0 Å². The lowest BCUT2D eigenvalue weighted by atomic mass is 9.77. The molecule has 3 aliphatic rings. The van der Waals surface area contributed by atoms with E-state index in [2.05, 4.69) is 10.6 Å². The molecule has 36 heavy (non-hydrogen) atoms. The maximum Gasteiger partial charge on any atom is 0.417 e. The number of nitrogens with zero attached hydrogens (tertiary/aromatic N) is 2. The van der Waals surface area contributed by atoms with Crippen LogP contribution in [-0.4, -0.2) is 60.5 Å². The van der Waals surface area contributed by atoms with Crippen LogP contribution in [0.15, 0.2) is 48.5 Å². The molecule has 5 rings (SSSR count). The summed E-state index contributed by atoms with van der Waals surface area (Å²) in [5.41, 5.74) is 2.52. The first-order valence-corrected chi connectivity index (χ1v) is 12.4. The summed E-state index contributed by atoms with van der Waals surface area (Å²) in [5, 5.41) is 5.27. The van der Waals surface area contributed by atoms with E-state index in [0.29, 0.717) is 31.5 Å². The first kappa shape index (κ1) is 23.8. The zero-order valence-corrected chi connectivity index (χ0v) is 20.3. The Labute approximate surface area is 209 Å². The molecule has 0 bridgehead atoms. The molecular weight excluding hydrogens is 460 g/mol. The van der Waals surface area contributed by atoms with Gasteiger partial charge in [-0.1, -0.05) is 36.4 Å². The van der Waals surface area contributed by atoms with E-state index < -0.39 is 11.5 Å². The fraction of sp³-hybridized carbons (Fsp3) is 0.407. The summed E-state index contributed by atoms with van der Waals surface area (Å²) in [6.45, 7) is 0.349. The molecule has 9 heteroatoms. The number of nitrogens with one attached hydrogen (secondary N) is 2. The largest absolute Gasteiger partial charge is 0.449 e. The van der Waals surface area contributed by atoms with Gasteiger partial charge in [0.1, 0.15) is 6.54 Å². The summed E-state index contributed by atoms with van der Waals surface area (Å²) in [6.07, 6.45) is 2.44. The van der Waals surface area contributed by atoms with Gasteiger partial charge in [-0.3, -0.25) is 9.59 Å². The summed E-state index contributed by atoms with van der Waals surface area (Å²) in [5.74, 6) is -0.647. The molecule has 0 aromatic heterocycles. The van der Waals surface area contributed by atoms with Crippen molar-refractivity contribution in [3.8, 4) is 0 Å². The van der Waals surface area contributed by atoms with Gasteiger partial charge in [-0.25, -0.2) is 14.5 Å². The van der Waals surface area contributed by atoms with E-state index in [1.165, 1.54) is 0 Å². The van der Waals surface area contributed by atoms with E-state index >= 15 is 0 Å². The number of aryl methyl sites for hydroxylation is 1. The molecule has 2 aliphatic heterocycles. The van der Waals surface area contributed by atoms with Gasteiger partial charge in [0.2, 0.25) is 11.8 Å². The average Bonchev–Trinajstić information content (AvgIpc) is 3.50. The van der Waals surface area contributed by atoms with Gasteiger partial charge in [0.25, 0.3) is 0 Å². The van der Waals surface area contributed by atoms with Crippen LogP contribution < -0.4 is 10.6 Å². The van der Waals surface area contributed by atoms with E-state index in [0.717, 1.165) is 34.4 Å². The van der Waals surface area contributed by atoms with Crippen molar-refractivity contribution in [2.24, 2.45) is 0 Å². The fourth-order valence-electron chi connectivity index (χ4n) is 5.79. The van der Waals surface area contributed by atoms with Crippen molar-refractivity contribution < 1.29 is 23.9 Å². The lowest BCUT2D eigenvalue weighted by molar-refractivity contribution is -0.142. The number of benzene rings is 2. The molecule has 9 nitrogen and oxygen atoms in total. The monoisotopic (exact) mass is 490 g/mol. The van der Waals surface area contributed by atoms with Crippen molar-refractivity contribution in [1.29, 1.82) is 0 Å². The highest BCUT2D eigenvalue weighted by Crippen LogP contribution is 2.45. The average molecular weight is 491 g/mol. The molecule has 2 N–H and O–H groups in total. The number of urea groups is 1. The SMILES string of the molecule is CNC(=O)Nc1ccc2c(c1)CC[C@]21CCOC(=O)N(CC(=O)N2CCC[C@@H]2c2ccccc2)C1=O. The predicted molar refractivity (Wildman–Crippen MR) is 132 cm³/mol. The zero-order valence-electron chi connectivity index (χ0n) is 20.3. The molecule has 1 aliphatic carbocycles. The number of amides is 5. The lowest BCUT2D eigenvalue weighted by Gasteiger charge is -2.32. The van der Waals surface area contributed by atoms with Crippen molar-refractivity contribution in [3.63, 3.8) is 0 Å². The van der Waals surface area contributed by atoms with Crippen LogP contribution in [0, 0.1) is 0 Å². The number of cyclic esters (lactones) is 1. The minimum absolute atomic E-state index is 0.0655. The number of ether oxygens (including phenoxy) is 1. The fourth-order valence-corrected chi connectivity index (χ4v) is 5.79. The lowest BCUT2D eigenvalue weighted by Crippen LogP contribution is -2.50. The Bertz CT molecular complexity index is 1200. The number of carbonyl (C=O) groups is 4. The second-order valence-electron chi connectivity index (χ2n) is 9.57. The highest BCUT2D eigenvalue weighted by molar-refractivity contribution is 6.03. The molecule has 2 aromatic carbocycles. The van der Waals surface area contributed by atoms with E-state index in [1.54, 1.807) is 18.0 Å². The smallest absolute Gasteiger partial charge is 0.417 e. The Balaban J connectivity index is 1.39. The summed E-state index contributed by atoms with van der Waals surface area (Å²) >= 11 is 0. The van der Waals surface area contributed by atoms with Gasteiger partial charge in [0, 0.05) is 25.7 Å². The Morgan fingerprint density at radius 1 is 1.11 bits per heavy atom. The molecule has 188 valence electrons. The van der Waals surface area contributed by atoms with Gasteiger partial charge >= 0.3 is 12.1 Å². The summed E-state index contributed by atoms with van der Waals surface area (Å²) in [4.78, 5) is 54.7. The number of hydrogen-bond donors (Lipinski definition) is 2. The number of anilines is 1. The summed E-state index contributed by atoms with van der Waals surface area (Å²) in [7, 11) is 1.54. The third-order valence-corrected chi connectivity index (χ3v) is 7.61. The number of likely N-dealkylation sites (tertiary alicyclic amines) is 1. The third-order valence-electron chi connectivity index (χ3n) is 7.61. The number of hydrogen-bond acceptors (Lipinski definition) is 5. The third kappa shape index (κ3) is 4.19. The standard InChI is InChI=1S/C27H30N4O5/c1-28-25(34)29-20-9-10-21-19(16-20)11-12-27(21)13-15-36-26(35)31(24(27)33)17-23(32)30-14-5-8-22(30)18-6-3-2-4-7-18/h2-4,6-7,9-10,16,22H,5,8,11-15,17H2,1H3,(H2,28,29,34)/t22-,27+/m1/s1. The molecule has 2 heterocycles. The van der Waals surface area contributed by atoms with E-state index in [4.69, 9.17) is 4.74 Å². The normalized spacial score (nSPS) is 23.3. The quantitative estimate of drug-likeness (QED) is 0.683. The number of rotatable bonds is 4. The second-order valence-corrected chi connectivity index (χ2v) is 9.57. The van der Waals surface area contributed by atoms with Crippen LogP contribution in [0.1, 0.15) is 48.4 Å². The first-order chi connectivity index (χ1) is 17.4. The molecule has 0 radical (unpaired) electrons. The number of fused-ring (bicyclic) bond motifs is 2. The van der Waals surface area contributed by atoms with E-state index in [1.807, 2.05) is 42.5 Å². The van der Waals surface area contributed by atoms with Crippen molar-refractivity contribution in [2.45, 2.75) is 43.6 Å². The zero-order chi connectivity index (χ0) is 25.3. The van der Waals surface area contributed by atoms with Gasteiger partial charge < -0.3 is 20.3 Å². The van der Waals surface area contributed by atoms with Gasteiger partial charge in [-0.05, 0) is 54.5 Å². The van der Waals surface area contributed by atoms with E-state index in [-0.39, 0.29) is 37.0 Å².